The van der Waals surface area contributed by atoms with E-state index in [1.807, 2.05) is 0 Å². The van der Waals surface area contributed by atoms with E-state index in [4.69, 9.17) is 23.2 Å². The number of amides is 2. The molecule has 0 radical (unpaired) electrons. The van der Waals surface area contributed by atoms with E-state index in [0.717, 1.165) is 4.90 Å². The van der Waals surface area contributed by atoms with E-state index in [-0.39, 0.29) is 5.91 Å². The van der Waals surface area contributed by atoms with Crippen LogP contribution in [0.4, 0.5) is 5.69 Å². The monoisotopic (exact) mass is 357 g/mol. The van der Waals surface area contributed by atoms with Crippen molar-refractivity contribution >= 4 is 40.7 Å². The number of carbonyl (C=O) groups excluding carboxylic acids is 2. The maximum Gasteiger partial charge on any atom is 0.238 e. The van der Waals surface area contributed by atoms with Crippen LogP contribution in [0.2, 0.25) is 10.0 Å². The van der Waals surface area contributed by atoms with Crippen molar-refractivity contribution in [3.05, 3.63) is 28.2 Å². The summed E-state index contributed by atoms with van der Waals surface area (Å²) in [5, 5.41) is 20.6. The highest BCUT2D eigenvalue weighted by molar-refractivity contribution is 6.35. The summed E-state index contributed by atoms with van der Waals surface area (Å²) >= 11 is 11.9. The smallest absolute Gasteiger partial charge is 0.238 e. The lowest BCUT2D eigenvalue weighted by molar-refractivity contribution is -0.207. The fourth-order valence-corrected chi connectivity index (χ4v) is 4.29. The summed E-state index contributed by atoms with van der Waals surface area (Å²) in [4.78, 5) is 26.6. The van der Waals surface area contributed by atoms with Gasteiger partial charge in [-0.15, -0.1) is 0 Å². The number of hydrogen-bond donors (Lipinski definition) is 2. The molecule has 3 rings (SSSR count). The van der Waals surface area contributed by atoms with Crippen LogP contribution in [0.15, 0.2) is 18.2 Å². The molecule has 0 spiro atoms. The summed E-state index contributed by atoms with van der Waals surface area (Å²) in [6.45, 7) is 1.26. The van der Waals surface area contributed by atoms with Crippen molar-refractivity contribution in [3.8, 4) is 0 Å². The summed E-state index contributed by atoms with van der Waals surface area (Å²) in [5.74, 6) is -4.67. The lowest BCUT2D eigenvalue weighted by Crippen LogP contribution is -2.45. The second-order valence-corrected chi connectivity index (χ2v) is 7.28. The van der Waals surface area contributed by atoms with Crippen molar-refractivity contribution in [3.63, 3.8) is 0 Å². The number of fused-ring (bicyclic) bond motifs is 1. The predicted molar refractivity (Wildman–Crippen MR) is 86.1 cm³/mol. The van der Waals surface area contributed by atoms with E-state index in [1.165, 1.54) is 25.1 Å². The van der Waals surface area contributed by atoms with E-state index < -0.39 is 29.4 Å². The van der Waals surface area contributed by atoms with Crippen LogP contribution < -0.4 is 4.90 Å². The number of carbonyl (C=O) groups is 2. The molecule has 2 amide bonds. The molecule has 1 aromatic carbocycles. The van der Waals surface area contributed by atoms with Gasteiger partial charge in [-0.1, -0.05) is 29.6 Å². The van der Waals surface area contributed by atoms with Gasteiger partial charge in [0.05, 0.1) is 17.5 Å². The highest BCUT2D eigenvalue weighted by atomic mass is 35.5. The van der Waals surface area contributed by atoms with Gasteiger partial charge in [0.2, 0.25) is 11.8 Å². The van der Waals surface area contributed by atoms with E-state index in [1.54, 1.807) is 0 Å². The minimum absolute atomic E-state index is 0.322. The van der Waals surface area contributed by atoms with Gasteiger partial charge in [-0.05, 0) is 38.0 Å². The Morgan fingerprint density at radius 3 is 2.26 bits per heavy atom. The molecule has 23 heavy (non-hydrogen) atoms. The van der Waals surface area contributed by atoms with Crippen LogP contribution in [0, 0.1) is 17.8 Å². The molecule has 1 saturated heterocycles. The quantitative estimate of drug-likeness (QED) is 0.629. The Bertz CT molecular complexity index is 650. The van der Waals surface area contributed by atoms with Crippen LogP contribution in [0.1, 0.15) is 26.2 Å². The van der Waals surface area contributed by atoms with Crippen molar-refractivity contribution in [2.75, 3.05) is 4.90 Å². The number of hydrogen-bond acceptors (Lipinski definition) is 4. The third kappa shape index (κ3) is 2.87. The molecule has 5 nitrogen and oxygen atoms in total. The first kappa shape index (κ1) is 16.7. The Hall–Kier alpha value is -1.14. The summed E-state index contributed by atoms with van der Waals surface area (Å²) in [5.41, 5.74) is 0.322. The molecular weight excluding hydrogens is 341 g/mol. The zero-order chi connectivity index (χ0) is 16.9. The third-order valence-corrected chi connectivity index (χ3v) is 5.18. The number of imide groups is 1. The molecule has 0 aromatic heterocycles. The molecular formula is C16H17Cl2NO4. The molecule has 1 aromatic rings. The standard InChI is InChI=1S/C16H17Cl2NO4/c1-16(22,23)12-4-2-3-11-13(12)15(21)19(14(11)20)10-6-8(17)5-9(18)7-10/h5-7,11-13,22-23H,2-4H2,1H3/t11-,12?,13-/m1/s1. The number of anilines is 1. The highest BCUT2D eigenvalue weighted by Gasteiger charge is 2.56. The molecule has 124 valence electrons. The van der Waals surface area contributed by atoms with Gasteiger partial charge in [-0.25, -0.2) is 4.90 Å². The molecule has 2 fully saturated rings. The number of halogens is 2. The van der Waals surface area contributed by atoms with Crippen LogP contribution in [0.5, 0.6) is 0 Å². The first-order chi connectivity index (χ1) is 10.7. The van der Waals surface area contributed by atoms with Gasteiger partial charge in [-0.3, -0.25) is 9.59 Å². The van der Waals surface area contributed by atoms with Crippen molar-refractivity contribution in [2.24, 2.45) is 17.8 Å². The zero-order valence-electron chi connectivity index (χ0n) is 12.5. The second kappa shape index (κ2) is 5.74. The van der Waals surface area contributed by atoms with Gasteiger partial charge in [0.25, 0.3) is 0 Å². The van der Waals surface area contributed by atoms with Crippen molar-refractivity contribution < 1.29 is 19.8 Å². The van der Waals surface area contributed by atoms with Gasteiger partial charge in [0, 0.05) is 16.0 Å². The molecule has 1 aliphatic carbocycles. The van der Waals surface area contributed by atoms with Crippen LogP contribution in [0.3, 0.4) is 0 Å². The summed E-state index contributed by atoms with van der Waals surface area (Å²) < 4.78 is 0. The first-order valence-electron chi connectivity index (χ1n) is 7.49. The molecule has 3 atom stereocenters. The van der Waals surface area contributed by atoms with E-state index in [0.29, 0.717) is 35.0 Å². The normalized spacial score (nSPS) is 28.2. The fraction of sp³-hybridized carbons (Fsp3) is 0.500. The minimum atomic E-state index is -2.00. The van der Waals surface area contributed by atoms with Gasteiger partial charge in [0.1, 0.15) is 0 Å². The fourth-order valence-electron chi connectivity index (χ4n) is 3.78. The van der Waals surface area contributed by atoms with Crippen LogP contribution in [-0.2, 0) is 9.59 Å². The molecule has 2 N–H and O–H groups in total. The molecule has 1 saturated carbocycles. The SMILES string of the molecule is CC(O)(O)C1CCC[C@H]2C(=O)N(c3cc(Cl)cc(Cl)c3)C(=O)[C@@H]12. The second-order valence-electron chi connectivity index (χ2n) is 6.40. The van der Waals surface area contributed by atoms with E-state index >= 15 is 0 Å². The van der Waals surface area contributed by atoms with Crippen LogP contribution in [0.25, 0.3) is 0 Å². The average Bonchev–Trinajstić information content (AvgIpc) is 2.69. The summed E-state index contributed by atoms with van der Waals surface area (Å²) in [6, 6.07) is 4.53. The number of aliphatic hydroxyl groups is 2. The number of nitrogens with zero attached hydrogens (tertiary/aromatic N) is 1. The molecule has 1 aliphatic heterocycles. The molecule has 0 bridgehead atoms. The predicted octanol–water partition coefficient (Wildman–Crippen LogP) is 2.60. The number of rotatable bonds is 2. The molecule has 2 aliphatic rings. The average molecular weight is 358 g/mol. The maximum atomic E-state index is 12.8. The van der Waals surface area contributed by atoms with Crippen LogP contribution in [-0.4, -0.2) is 27.8 Å². The van der Waals surface area contributed by atoms with Gasteiger partial charge >= 0.3 is 0 Å². The van der Waals surface area contributed by atoms with E-state index in [2.05, 4.69) is 0 Å². The van der Waals surface area contributed by atoms with Crippen molar-refractivity contribution in [2.45, 2.75) is 32.0 Å². The zero-order valence-corrected chi connectivity index (χ0v) is 14.0. The Balaban J connectivity index is 2.02. The third-order valence-electron chi connectivity index (χ3n) is 4.75. The highest BCUT2D eigenvalue weighted by Crippen LogP contribution is 2.46. The number of benzene rings is 1. The van der Waals surface area contributed by atoms with Crippen molar-refractivity contribution in [1.29, 1.82) is 0 Å². The molecule has 7 heteroatoms. The van der Waals surface area contributed by atoms with Gasteiger partial charge in [-0.2, -0.15) is 0 Å². The Morgan fingerprint density at radius 1 is 1.09 bits per heavy atom. The van der Waals surface area contributed by atoms with Crippen molar-refractivity contribution in [1.82, 2.24) is 0 Å². The maximum absolute atomic E-state index is 12.8. The largest absolute Gasteiger partial charge is 0.366 e. The molecule has 1 heterocycles. The lowest BCUT2D eigenvalue weighted by Gasteiger charge is -2.36. The van der Waals surface area contributed by atoms with Gasteiger partial charge in [0.15, 0.2) is 5.79 Å². The van der Waals surface area contributed by atoms with E-state index in [9.17, 15) is 19.8 Å². The first-order valence-corrected chi connectivity index (χ1v) is 8.24. The van der Waals surface area contributed by atoms with Crippen LogP contribution >= 0.6 is 23.2 Å². The minimum Gasteiger partial charge on any atom is -0.366 e. The van der Waals surface area contributed by atoms with Gasteiger partial charge < -0.3 is 10.2 Å². The Kier molecular flexibility index (Phi) is 4.17. The Morgan fingerprint density at radius 2 is 1.70 bits per heavy atom. The topological polar surface area (TPSA) is 77.8 Å². The Labute approximate surface area is 143 Å². The molecule has 1 unspecified atom stereocenters. The lowest BCUT2D eigenvalue weighted by atomic mass is 9.70. The summed E-state index contributed by atoms with van der Waals surface area (Å²) in [6.07, 6.45) is 1.73. The summed E-state index contributed by atoms with van der Waals surface area (Å²) in [7, 11) is 0.